The number of carbonyl (C=O) groups excluding carboxylic acids is 2. The highest BCUT2D eigenvalue weighted by atomic mass is 35.5. The van der Waals surface area contributed by atoms with Gasteiger partial charge in [-0.15, -0.1) is 0 Å². The zero-order chi connectivity index (χ0) is 18.1. The maximum absolute atomic E-state index is 12.1. The van der Waals surface area contributed by atoms with Crippen molar-refractivity contribution < 1.29 is 19.1 Å². The van der Waals surface area contributed by atoms with Crippen molar-refractivity contribution in [2.45, 2.75) is 26.7 Å². The summed E-state index contributed by atoms with van der Waals surface area (Å²) in [5.41, 5.74) is 1.98. The highest BCUT2D eigenvalue weighted by molar-refractivity contribution is 6.31. The molecule has 5 heteroatoms. The van der Waals surface area contributed by atoms with Crippen molar-refractivity contribution in [2.24, 2.45) is 0 Å². The largest absolute Gasteiger partial charge is 0.426 e. The summed E-state index contributed by atoms with van der Waals surface area (Å²) in [5.74, 6) is 0.0346. The van der Waals surface area contributed by atoms with Crippen molar-refractivity contribution in [2.75, 3.05) is 0 Å². The van der Waals surface area contributed by atoms with Crippen LogP contribution in [0, 0.1) is 0 Å². The Morgan fingerprint density at radius 3 is 2.16 bits per heavy atom. The van der Waals surface area contributed by atoms with Crippen molar-refractivity contribution in [1.29, 1.82) is 0 Å². The van der Waals surface area contributed by atoms with Crippen LogP contribution in [0.25, 0.3) is 10.8 Å². The quantitative estimate of drug-likeness (QED) is 0.350. The molecule has 4 nitrogen and oxygen atoms in total. The lowest BCUT2D eigenvalue weighted by Crippen LogP contribution is -2.14. The molecule has 0 spiro atoms. The molecule has 0 saturated heterocycles. The normalized spacial score (nSPS) is 12.6. The lowest BCUT2D eigenvalue weighted by molar-refractivity contribution is -0.132. The summed E-state index contributed by atoms with van der Waals surface area (Å²) in [7, 11) is 0. The van der Waals surface area contributed by atoms with Gasteiger partial charge in [0.2, 0.25) is 0 Å². The van der Waals surface area contributed by atoms with E-state index in [4.69, 9.17) is 21.1 Å². The molecule has 0 radical (unpaired) electrons. The molecule has 0 aliphatic heterocycles. The summed E-state index contributed by atoms with van der Waals surface area (Å²) in [6.45, 7) is 6.59. The molecular formula is C20H17ClO4. The zero-order valence-electron chi connectivity index (χ0n) is 14.0. The second kappa shape index (κ2) is 6.73. The molecule has 0 aromatic heterocycles. The number of halogens is 1. The van der Waals surface area contributed by atoms with E-state index < -0.39 is 11.9 Å². The molecular weight excluding hydrogens is 340 g/mol. The molecule has 1 aliphatic carbocycles. The Labute approximate surface area is 150 Å². The first kappa shape index (κ1) is 17.2. The summed E-state index contributed by atoms with van der Waals surface area (Å²) in [4.78, 5) is 23.7. The SMILES string of the molecule is C=C(C)C(=O)Oc1c2c(c(OC(C)=O)c3cc(Cl)ccc13)CC=CC2. The van der Waals surface area contributed by atoms with Crippen molar-refractivity contribution in [3.63, 3.8) is 0 Å². The number of hydrogen-bond donors (Lipinski definition) is 0. The average Bonchev–Trinajstić information content (AvgIpc) is 2.57. The summed E-state index contributed by atoms with van der Waals surface area (Å²) in [5, 5.41) is 1.81. The first-order valence-electron chi connectivity index (χ1n) is 7.86. The topological polar surface area (TPSA) is 52.6 Å². The van der Waals surface area contributed by atoms with Gasteiger partial charge in [0.05, 0.1) is 0 Å². The number of rotatable bonds is 3. The minimum atomic E-state index is -0.492. The lowest BCUT2D eigenvalue weighted by atomic mass is 9.90. The van der Waals surface area contributed by atoms with Gasteiger partial charge in [-0.1, -0.05) is 30.3 Å². The first-order valence-corrected chi connectivity index (χ1v) is 8.24. The number of benzene rings is 2. The van der Waals surface area contributed by atoms with E-state index in [9.17, 15) is 9.59 Å². The van der Waals surface area contributed by atoms with Crippen LogP contribution in [-0.2, 0) is 22.4 Å². The smallest absolute Gasteiger partial charge is 0.338 e. The van der Waals surface area contributed by atoms with Crippen LogP contribution in [-0.4, -0.2) is 11.9 Å². The fourth-order valence-corrected chi connectivity index (χ4v) is 3.06. The number of fused-ring (bicyclic) bond motifs is 2. The molecule has 2 aromatic carbocycles. The predicted octanol–water partition coefficient (Wildman–Crippen LogP) is 4.55. The van der Waals surface area contributed by atoms with Crippen LogP contribution >= 0.6 is 11.6 Å². The van der Waals surface area contributed by atoms with Gasteiger partial charge in [-0.2, -0.15) is 0 Å². The Kier molecular flexibility index (Phi) is 4.64. The van der Waals surface area contributed by atoms with Gasteiger partial charge < -0.3 is 9.47 Å². The third-order valence-electron chi connectivity index (χ3n) is 3.98. The van der Waals surface area contributed by atoms with E-state index in [1.165, 1.54) is 6.92 Å². The molecule has 0 unspecified atom stereocenters. The minimum absolute atomic E-state index is 0.311. The van der Waals surface area contributed by atoms with Crippen molar-refractivity contribution >= 4 is 34.3 Å². The van der Waals surface area contributed by atoms with Crippen molar-refractivity contribution in [3.05, 3.63) is 58.7 Å². The standard InChI is InChI=1S/C20H17ClO4/c1-11(2)20(23)25-18-14-6-4-5-7-15(14)19(24-12(3)22)17-10-13(21)8-9-16(17)18/h4-5,8-10H,1,6-7H2,2-3H3. The third-order valence-corrected chi connectivity index (χ3v) is 4.22. The van der Waals surface area contributed by atoms with Gasteiger partial charge in [0.25, 0.3) is 0 Å². The molecule has 0 saturated carbocycles. The summed E-state index contributed by atoms with van der Waals surface area (Å²) >= 11 is 6.14. The van der Waals surface area contributed by atoms with Gasteiger partial charge in [0.15, 0.2) is 0 Å². The zero-order valence-corrected chi connectivity index (χ0v) is 14.8. The number of carbonyl (C=O) groups is 2. The molecule has 0 fully saturated rings. The fraction of sp³-hybridized carbons (Fsp3) is 0.200. The van der Waals surface area contributed by atoms with E-state index in [2.05, 4.69) is 6.58 Å². The highest BCUT2D eigenvalue weighted by Gasteiger charge is 2.24. The Hall–Kier alpha value is -2.59. The highest BCUT2D eigenvalue weighted by Crippen LogP contribution is 2.44. The first-order chi connectivity index (χ1) is 11.9. The Morgan fingerprint density at radius 1 is 1.00 bits per heavy atom. The van der Waals surface area contributed by atoms with Gasteiger partial charge >= 0.3 is 11.9 Å². The molecule has 0 bridgehead atoms. The van der Waals surface area contributed by atoms with Crippen molar-refractivity contribution in [3.8, 4) is 11.5 Å². The van der Waals surface area contributed by atoms with Crippen LogP contribution in [0.4, 0.5) is 0 Å². The minimum Gasteiger partial charge on any atom is -0.426 e. The number of esters is 2. The van der Waals surface area contributed by atoms with E-state index in [0.717, 1.165) is 11.1 Å². The van der Waals surface area contributed by atoms with E-state index in [1.54, 1.807) is 25.1 Å². The average molecular weight is 357 g/mol. The molecule has 0 N–H and O–H groups in total. The van der Waals surface area contributed by atoms with Crippen LogP contribution in [0.1, 0.15) is 25.0 Å². The van der Waals surface area contributed by atoms with Crippen LogP contribution in [0.15, 0.2) is 42.5 Å². The molecule has 128 valence electrons. The van der Waals surface area contributed by atoms with Crippen LogP contribution in [0.3, 0.4) is 0 Å². The van der Waals surface area contributed by atoms with Crippen LogP contribution < -0.4 is 9.47 Å². The lowest BCUT2D eigenvalue weighted by Gasteiger charge is -2.22. The van der Waals surface area contributed by atoms with E-state index in [0.29, 0.717) is 45.7 Å². The molecule has 0 atom stereocenters. The van der Waals surface area contributed by atoms with Crippen LogP contribution in [0.2, 0.25) is 5.02 Å². The van der Waals surface area contributed by atoms with Gasteiger partial charge in [0.1, 0.15) is 11.5 Å². The van der Waals surface area contributed by atoms with Gasteiger partial charge in [-0.05, 0) is 38.0 Å². The number of hydrogen-bond acceptors (Lipinski definition) is 4. The van der Waals surface area contributed by atoms with Gasteiger partial charge in [-0.25, -0.2) is 4.79 Å². The van der Waals surface area contributed by atoms with Crippen molar-refractivity contribution in [1.82, 2.24) is 0 Å². The summed E-state index contributed by atoms with van der Waals surface area (Å²) in [6.07, 6.45) is 5.16. The summed E-state index contributed by atoms with van der Waals surface area (Å²) < 4.78 is 11.1. The molecule has 3 rings (SSSR count). The monoisotopic (exact) mass is 356 g/mol. The maximum Gasteiger partial charge on any atom is 0.338 e. The molecule has 0 amide bonds. The second-order valence-electron chi connectivity index (χ2n) is 5.95. The Morgan fingerprint density at radius 2 is 1.60 bits per heavy atom. The van der Waals surface area contributed by atoms with Crippen LogP contribution in [0.5, 0.6) is 11.5 Å². The Balaban J connectivity index is 2.34. The van der Waals surface area contributed by atoms with Gasteiger partial charge in [-0.3, -0.25) is 4.79 Å². The fourth-order valence-electron chi connectivity index (χ4n) is 2.89. The third kappa shape index (κ3) is 3.30. The maximum atomic E-state index is 12.1. The number of allylic oxidation sites excluding steroid dienone is 2. The second-order valence-corrected chi connectivity index (χ2v) is 6.38. The molecule has 25 heavy (non-hydrogen) atoms. The molecule has 0 heterocycles. The number of ether oxygens (including phenoxy) is 2. The molecule has 2 aromatic rings. The summed E-state index contributed by atoms with van der Waals surface area (Å²) in [6, 6.07) is 5.20. The van der Waals surface area contributed by atoms with E-state index in [1.807, 2.05) is 12.2 Å². The molecule has 1 aliphatic rings. The van der Waals surface area contributed by atoms with E-state index >= 15 is 0 Å². The Bertz CT molecular complexity index is 941. The van der Waals surface area contributed by atoms with Gasteiger partial charge in [0, 0.05) is 39.4 Å². The predicted molar refractivity (Wildman–Crippen MR) is 97.3 cm³/mol. The van der Waals surface area contributed by atoms with E-state index in [-0.39, 0.29) is 0 Å².